The van der Waals surface area contributed by atoms with Crippen LogP contribution in [-0.2, 0) is 4.74 Å². The molecule has 0 N–H and O–H groups in total. The molecule has 2 nitrogen and oxygen atoms in total. The second kappa shape index (κ2) is 3.18. The van der Waals surface area contributed by atoms with Crippen molar-refractivity contribution in [2.45, 2.75) is 6.92 Å². The molecule has 0 aromatic heterocycles. The Bertz CT molecular complexity index is 79.0. The Balaban J connectivity index is 1.98. The van der Waals surface area contributed by atoms with Crippen molar-refractivity contribution in [2.75, 3.05) is 33.4 Å². The minimum atomic E-state index is 0.815. The standard InChI is InChI=1S/C7H15NO/c1-3-8-4-7(5-8)6-9-2/h7H,3-6H2,1-2H3. The van der Waals surface area contributed by atoms with Crippen molar-refractivity contribution in [3.8, 4) is 0 Å². The topological polar surface area (TPSA) is 12.5 Å². The maximum atomic E-state index is 5.01. The molecule has 0 saturated carbocycles. The first-order chi connectivity index (χ1) is 4.36. The summed E-state index contributed by atoms with van der Waals surface area (Å²) in [5, 5.41) is 0. The highest BCUT2D eigenvalue weighted by Crippen LogP contribution is 2.13. The van der Waals surface area contributed by atoms with Gasteiger partial charge >= 0.3 is 0 Å². The van der Waals surface area contributed by atoms with Crippen molar-refractivity contribution in [1.29, 1.82) is 0 Å². The van der Waals surface area contributed by atoms with E-state index in [4.69, 9.17) is 4.74 Å². The SMILES string of the molecule is CCN1CC(COC)C1. The lowest BCUT2D eigenvalue weighted by atomic mass is 10.0. The molecule has 0 radical (unpaired) electrons. The lowest BCUT2D eigenvalue weighted by Crippen LogP contribution is -2.48. The van der Waals surface area contributed by atoms with E-state index in [1.54, 1.807) is 7.11 Å². The van der Waals surface area contributed by atoms with Crippen molar-refractivity contribution in [3.05, 3.63) is 0 Å². The maximum Gasteiger partial charge on any atom is 0.0515 e. The van der Waals surface area contributed by atoms with E-state index < -0.39 is 0 Å². The molecular formula is C7H15NO. The molecular weight excluding hydrogens is 114 g/mol. The number of methoxy groups -OCH3 is 1. The van der Waals surface area contributed by atoms with Crippen molar-refractivity contribution >= 4 is 0 Å². The molecule has 0 aromatic carbocycles. The average molecular weight is 129 g/mol. The van der Waals surface area contributed by atoms with Gasteiger partial charge in [0.05, 0.1) is 6.61 Å². The lowest BCUT2D eigenvalue weighted by molar-refractivity contribution is 0.0380. The smallest absolute Gasteiger partial charge is 0.0515 e. The third-order valence-electron chi connectivity index (χ3n) is 1.88. The third kappa shape index (κ3) is 1.66. The van der Waals surface area contributed by atoms with Crippen LogP contribution in [0.15, 0.2) is 0 Å². The van der Waals surface area contributed by atoms with Crippen LogP contribution in [0.3, 0.4) is 0 Å². The van der Waals surface area contributed by atoms with Crippen molar-refractivity contribution in [1.82, 2.24) is 4.90 Å². The molecule has 0 aliphatic carbocycles. The van der Waals surface area contributed by atoms with Crippen molar-refractivity contribution < 1.29 is 4.74 Å². The summed E-state index contributed by atoms with van der Waals surface area (Å²) in [5.74, 6) is 0.815. The van der Waals surface area contributed by atoms with Crippen LogP contribution < -0.4 is 0 Å². The molecule has 9 heavy (non-hydrogen) atoms. The van der Waals surface area contributed by atoms with E-state index in [0.29, 0.717) is 0 Å². The van der Waals surface area contributed by atoms with Crippen molar-refractivity contribution in [2.24, 2.45) is 5.92 Å². The van der Waals surface area contributed by atoms with Gasteiger partial charge in [-0.3, -0.25) is 0 Å². The molecule has 1 aliphatic rings. The van der Waals surface area contributed by atoms with Gasteiger partial charge < -0.3 is 9.64 Å². The van der Waals surface area contributed by atoms with E-state index >= 15 is 0 Å². The number of likely N-dealkylation sites (tertiary alicyclic amines) is 1. The van der Waals surface area contributed by atoms with E-state index in [9.17, 15) is 0 Å². The third-order valence-corrected chi connectivity index (χ3v) is 1.88. The van der Waals surface area contributed by atoms with E-state index in [1.807, 2.05) is 0 Å². The molecule has 1 fully saturated rings. The first-order valence-electron chi connectivity index (χ1n) is 3.58. The van der Waals surface area contributed by atoms with Gasteiger partial charge in [0.2, 0.25) is 0 Å². The molecule has 0 spiro atoms. The summed E-state index contributed by atoms with van der Waals surface area (Å²) in [6.45, 7) is 6.81. The summed E-state index contributed by atoms with van der Waals surface area (Å²) in [6, 6.07) is 0. The summed E-state index contributed by atoms with van der Waals surface area (Å²) in [6.07, 6.45) is 0. The van der Waals surface area contributed by atoms with Gasteiger partial charge in [0.15, 0.2) is 0 Å². The average Bonchev–Trinajstić information content (AvgIpc) is 1.77. The van der Waals surface area contributed by atoms with Crippen molar-refractivity contribution in [3.63, 3.8) is 0 Å². The van der Waals surface area contributed by atoms with Crippen LogP contribution in [0.1, 0.15) is 6.92 Å². The van der Waals surface area contributed by atoms with E-state index in [0.717, 1.165) is 12.5 Å². The molecule has 2 heteroatoms. The minimum absolute atomic E-state index is 0.815. The summed E-state index contributed by atoms with van der Waals surface area (Å²) in [4.78, 5) is 2.42. The Morgan fingerprint density at radius 1 is 1.56 bits per heavy atom. The van der Waals surface area contributed by atoms with Crippen LogP contribution in [0.25, 0.3) is 0 Å². The molecule has 0 bridgehead atoms. The molecule has 54 valence electrons. The van der Waals surface area contributed by atoms with E-state index in [2.05, 4.69) is 11.8 Å². The quantitative estimate of drug-likeness (QED) is 0.553. The number of hydrogen-bond acceptors (Lipinski definition) is 2. The van der Waals surface area contributed by atoms with Gasteiger partial charge in [-0.05, 0) is 6.54 Å². The number of rotatable bonds is 3. The Kier molecular flexibility index (Phi) is 2.49. The van der Waals surface area contributed by atoms with Crippen LogP contribution in [0.5, 0.6) is 0 Å². The summed E-state index contributed by atoms with van der Waals surface area (Å²) in [5.41, 5.74) is 0. The number of nitrogens with zero attached hydrogens (tertiary/aromatic N) is 1. The Labute approximate surface area is 56.8 Å². The second-order valence-corrected chi connectivity index (χ2v) is 2.67. The highest BCUT2D eigenvalue weighted by atomic mass is 16.5. The van der Waals surface area contributed by atoms with Crippen LogP contribution >= 0.6 is 0 Å². The zero-order valence-corrected chi connectivity index (χ0v) is 6.26. The Morgan fingerprint density at radius 2 is 2.22 bits per heavy atom. The molecule has 0 atom stereocenters. The van der Waals surface area contributed by atoms with E-state index in [1.165, 1.54) is 19.6 Å². The van der Waals surface area contributed by atoms with Crippen LogP contribution in [0.2, 0.25) is 0 Å². The zero-order valence-electron chi connectivity index (χ0n) is 6.26. The van der Waals surface area contributed by atoms with Gasteiger partial charge in [-0.25, -0.2) is 0 Å². The van der Waals surface area contributed by atoms with Crippen LogP contribution in [0.4, 0.5) is 0 Å². The molecule has 1 aliphatic heterocycles. The van der Waals surface area contributed by atoms with Gasteiger partial charge in [-0.1, -0.05) is 6.92 Å². The molecule has 0 amide bonds. The highest BCUT2D eigenvalue weighted by Gasteiger charge is 2.24. The predicted molar refractivity (Wildman–Crippen MR) is 37.5 cm³/mol. The molecule has 0 unspecified atom stereocenters. The monoisotopic (exact) mass is 129 g/mol. The summed E-state index contributed by atoms with van der Waals surface area (Å²) in [7, 11) is 1.77. The van der Waals surface area contributed by atoms with Crippen LogP contribution in [-0.4, -0.2) is 38.3 Å². The fourth-order valence-corrected chi connectivity index (χ4v) is 1.28. The summed E-state index contributed by atoms with van der Waals surface area (Å²) >= 11 is 0. The normalized spacial score (nSPS) is 22.0. The fraction of sp³-hybridized carbons (Fsp3) is 1.00. The number of ether oxygens (including phenoxy) is 1. The van der Waals surface area contributed by atoms with Gasteiger partial charge in [-0.15, -0.1) is 0 Å². The van der Waals surface area contributed by atoms with Gasteiger partial charge in [0, 0.05) is 26.1 Å². The van der Waals surface area contributed by atoms with Gasteiger partial charge in [0.25, 0.3) is 0 Å². The second-order valence-electron chi connectivity index (χ2n) is 2.67. The zero-order chi connectivity index (χ0) is 6.69. The molecule has 0 aromatic rings. The first kappa shape index (κ1) is 7.03. The Hall–Kier alpha value is -0.0800. The predicted octanol–water partition coefficient (Wildman–Crippen LogP) is 0.585. The number of hydrogen-bond donors (Lipinski definition) is 0. The van der Waals surface area contributed by atoms with Crippen LogP contribution in [0, 0.1) is 5.92 Å². The molecule has 1 rings (SSSR count). The van der Waals surface area contributed by atoms with Gasteiger partial charge in [-0.2, -0.15) is 0 Å². The largest absolute Gasteiger partial charge is 0.384 e. The highest BCUT2D eigenvalue weighted by molar-refractivity contribution is 4.77. The fourth-order valence-electron chi connectivity index (χ4n) is 1.28. The maximum absolute atomic E-state index is 5.01. The molecule has 1 heterocycles. The molecule has 1 saturated heterocycles. The first-order valence-corrected chi connectivity index (χ1v) is 3.58. The summed E-state index contributed by atoms with van der Waals surface area (Å²) < 4.78 is 5.01. The van der Waals surface area contributed by atoms with E-state index in [-0.39, 0.29) is 0 Å². The Morgan fingerprint density at radius 3 is 2.67 bits per heavy atom. The minimum Gasteiger partial charge on any atom is -0.384 e. The lowest BCUT2D eigenvalue weighted by Gasteiger charge is -2.37. The van der Waals surface area contributed by atoms with Gasteiger partial charge in [0.1, 0.15) is 0 Å².